The third kappa shape index (κ3) is 4.37. The first-order valence-corrected chi connectivity index (χ1v) is 11.7. The minimum atomic E-state index is -3.81. The van der Waals surface area contributed by atoms with Crippen LogP contribution in [0, 0.1) is 6.92 Å². The van der Waals surface area contributed by atoms with Crippen LogP contribution in [-0.4, -0.2) is 28.1 Å². The standard InChI is InChI=1S/C21H20ClNO5S2/c1-4-28-21(24)20-18(13-5-8-15(9-6-13)30(23,25)26)12(2)19(29-20)14-7-10-17(27-3)16(22)11-14/h5-11H,4H2,1-3H3,(H2,23,25,26). The van der Waals surface area contributed by atoms with Crippen molar-refractivity contribution in [3.8, 4) is 27.3 Å². The normalized spacial score (nSPS) is 11.4. The molecular weight excluding hydrogens is 446 g/mol. The van der Waals surface area contributed by atoms with Gasteiger partial charge >= 0.3 is 5.97 Å². The van der Waals surface area contributed by atoms with Crippen molar-refractivity contribution >= 4 is 38.9 Å². The van der Waals surface area contributed by atoms with E-state index in [0.717, 1.165) is 16.0 Å². The summed E-state index contributed by atoms with van der Waals surface area (Å²) >= 11 is 7.58. The van der Waals surface area contributed by atoms with Crippen molar-refractivity contribution in [1.29, 1.82) is 0 Å². The molecule has 2 aromatic carbocycles. The molecule has 0 aliphatic heterocycles. The van der Waals surface area contributed by atoms with Crippen LogP contribution in [0.5, 0.6) is 5.75 Å². The summed E-state index contributed by atoms with van der Waals surface area (Å²) in [7, 11) is -2.27. The number of benzene rings is 2. The Kier molecular flexibility index (Phi) is 6.52. The molecule has 0 aliphatic carbocycles. The fourth-order valence-corrected chi connectivity index (χ4v) is 5.09. The van der Waals surface area contributed by atoms with Crippen molar-refractivity contribution in [3.05, 3.63) is 57.9 Å². The zero-order valence-electron chi connectivity index (χ0n) is 16.6. The number of hydrogen-bond donors (Lipinski definition) is 1. The summed E-state index contributed by atoms with van der Waals surface area (Å²) in [6.45, 7) is 3.88. The Morgan fingerprint density at radius 3 is 2.30 bits per heavy atom. The maximum absolute atomic E-state index is 12.7. The van der Waals surface area contributed by atoms with E-state index in [2.05, 4.69) is 0 Å². The SMILES string of the molecule is CCOC(=O)c1sc(-c2ccc(OC)c(Cl)c2)c(C)c1-c1ccc(S(N)(=O)=O)cc1. The summed E-state index contributed by atoms with van der Waals surface area (Å²) in [5, 5.41) is 5.65. The topological polar surface area (TPSA) is 95.7 Å². The van der Waals surface area contributed by atoms with E-state index in [4.69, 9.17) is 26.2 Å². The first kappa shape index (κ1) is 22.3. The van der Waals surface area contributed by atoms with Gasteiger partial charge in [-0.15, -0.1) is 11.3 Å². The van der Waals surface area contributed by atoms with E-state index in [9.17, 15) is 13.2 Å². The van der Waals surface area contributed by atoms with Gasteiger partial charge < -0.3 is 9.47 Å². The van der Waals surface area contributed by atoms with Gasteiger partial charge in [-0.25, -0.2) is 18.4 Å². The number of methoxy groups -OCH3 is 1. The number of ether oxygens (including phenoxy) is 2. The Hall–Kier alpha value is -2.39. The zero-order chi connectivity index (χ0) is 22.1. The molecule has 30 heavy (non-hydrogen) atoms. The van der Waals surface area contributed by atoms with Crippen molar-refractivity contribution in [2.24, 2.45) is 5.14 Å². The number of carbonyl (C=O) groups is 1. The van der Waals surface area contributed by atoms with Crippen LogP contribution in [0.3, 0.4) is 0 Å². The molecule has 3 aromatic rings. The molecule has 0 unspecified atom stereocenters. The van der Waals surface area contributed by atoms with Gasteiger partial charge in [-0.1, -0.05) is 23.7 Å². The highest BCUT2D eigenvalue weighted by Crippen LogP contribution is 2.43. The van der Waals surface area contributed by atoms with Crippen molar-refractivity contribution < 1.29 is 22.7 Å². The van der Waals surface area contributed by atoms with Crippen LogP contribution >= 0.6 is 22.9 Å². The summed E-state index contributed by atoms with van der Waals surface area (Å²) in [6, 6.07) is 11.5. The van der Waals surface area contributed by atoms with Gasteiger partial charge in [0.05, 0.1) is 23.6 Å². The van der Waals surface area contributed by atoms with Gasteiger partial charge in [-0.05, 0) is 60.9 Å². The number of sulfonamides is 1. The first-order valence-electron chi connectivity index (χ1n) is 8.95. The predicted octanol–water partition coefficient (Wildman–Crippen LogP) is 4.88. The lowest BCUT2D eigenvalue weighted by Gasteiger charge is -2.08. The van der Waals surface area contributed by atoms with Gasteiger partial charge in [0.1, 0.15) is 10.6 Å². The second-order valence-electron chi connectivity index (χ2n) is 6.40. The maximum Gasteiger partial charge on any atom is 0.348 e. The van der Waals surface area contributed by atoms with Crippen LogP contribution in [0.25, 0.3) is 21.6 Å². The van der Waals surface area contributed by atoms with E-state index >= 15 is 0 Å². The molecule has 158 valence electrons. The molecule has 9 heteroatoms. The Morgan fingerprint density at radius 1 is 1.13 bits per heavy atom. The Labute approximate surface area is 184 Å². The molecule has 6 nitrogen and oxygen atoms in total. The lowest BCUT2D eigenvalue weighted by Crippen LogP contribution is -2.11. The molecule has 0 saturated heterocycles. The third-order valence-electron chi connectivity index (χ3n) is 4.49. The van der Waals surface area contributed by atoms with Gasteiger partial charge in [-0.3, -0.25) is 0 Å². The van der Waals surface area contributed by atoms with Crippen LogP contribution in [-0.2, 0) is 14.8 Å². The number of halogens is 1. The van der Waals surface area contributed by atoms with E-state index in [1.807, 2.05) is 13.0 Å². The van der Waals surface area contributed by atoms with Crippen molar-refractivity contribution in [1.82, 2.24) is 0 Å². The summed E-state index contributed by atoms with van der Waals surface area (Å²) in [5.41, 5.74) is 3.06. The smallest absolute Gasteiger partial charge is 0.348 e. The highest BCUT2D eigenvalue weighted by molar-refractivity contribution is 7.89. The Bertz CT molecular complexity index is 1200. The molecule has 0 bridgehead atoms. The maximum atomic E-state index is 12.7. The van der Waals surface area contributed by atoms with Crippen molar-refractivity contribution in [2.75, 3.05) is 13.7 Å². The molecule has 1 aromatic heterocycles. The lowest BCUT2D eigenvalue weighted by molar-refractivity contribution is 0.0533. The number of nitrogens with two attached hydrogens (primary N) is 1. The van der Waals surface area contributed by atoms with Crippen molar-refractivity contribution in [2.45, 2.75) is 18.7 Å². The lowest BCUT2D eigenvalue weighted by atomic mass is 9.99. The van der Waals surface area contributed by atoms with Crippen LogP contribution in [0.4, 0.5) is 0 Å². The summed E-state index contributed by atoms with van der Waals surface area (Å²) in [4.78, 5) is 13.9. The van der Waals surface area contributed by atoms with Crippen LogP contribution < -0.4 is 9.88 Å². The van der Waals surface area contributed by atoms with E-state index in [1.54, 1.807) is 38.3 Å². The second-order valence-corrected chi connectivity index (χ2v) is 9.39. The van der Waals surface area contributed by atoms with Gasteiger partial charge in [0.25, 0.3) is 0 Å². The molecule has 1 heterocycles. The number of rotatable bonds is 6. The van der Waals surface area contributed by atoms with Gasteiger partial charge in [-0.2, -0.15) is 0 Å². The fraction of sp³-hybridized carbons (Fsp3) is 0.190. The average Bonchev–Trinajstić information content (AvgIpc) is 3.05. The molecule has 0 radical (unpaired) electrons. The molecule has 0 saturated carbocycles. The fourth-order valence-electron chi connectivity index (χ4n) is 3.10. The molecular formula is C21H20ClNO5S2. The van der Waals surface area contributed by atoms with Crippen LogP contribution in [0.2, 0.25) is 5.02 Å². The molecule has 0 aliphatic rings. The first-order chi connectivity index (χ1) is 14.2. The minimum absolute atomic E-state index is 0.000947. The van der Waals surface area contributed by atoms with Gasteiger partial charge in [0.2, 0.25) is 10.0 Å². The Balaban J connectivity index is 2.19. The zero-order valence-corrected chi connectivity index (χ0v) is 19.0. The predicted molar refractivity (Wildman–Crippen MR) is 119 cm³/mol. The highest BCUT2D eigenvalue weighted by Gasteiger charge is 2.24. The molecule has 0 amide bonds. The minimum Gasteiger partial charge on any atom is -0.495 e. The van der Waals surface area contributed by atoms with Crippen molar-refractivity contribution in [3.63, 3.8) is 0 Å². The van der Waals surface area contributed by atoms with Gasteiger partial charge in [0.15, 0.2) is 0 Å². The summed E-state index contributed by atoms with van der Waals surface area (Å²) < 4.78 is 33.6. The number of esters is 1. The molecule has 0 atom stereocenters. The Morgan fingerprint density at radius 2 is 1.77 bits per heavy atom. The molecule has 0 spiro atoms. The monoisotopic (exact) mass is 465 g/mol. The summed E-state index contributed by atoms with van der Waals surface area (Å²) in [6.07, 6.45) is 0. The molecule has 0 fully saturated rings. The number of thiophene rings is 1. The largest absolute Gasteiger partial charge is 0.495 e. The number of hydrogen-bond acceptors (Lipinski definition) is 6. The van der Waals surface area contributed by atoms with Crippen LogP contribution in [0.15, 0.2) is 47.4 Å². The van der Waals surface area contributed by atoms with E-state index < -0.39 is 16.0 Å². The molecule has 3 rings (SSSR count). The average molecular weight is 466 g/mol. The number of primary sulfonamides is 1. The number of carbonyl (C=O) groups excluding carboxylic acids is 1. The van der Waals surface area contributed by atoms with E-state index in [-0.39, 0.29) is 11.5 Å². The van der Waals surface area contributed by atoms with E-state index in [1.165, 1.54) is 23.5 Å². The molecule has 2 N–H and O–H groups in total. The highest BCUT2D eigenvalue weighted by atomic mass is 35.5. The third-order valence-corrected chi connectivity index (χ3v) is 7.04. The summed E-state index contributed by atoms with van der Waals surface area (Å²) in [5.74, 6) is 0.112. The van der Waals surface area contributed by atoms with Crippen LogP contribution in [0.1, 0.15) is 22.2 Å². The van der Waals surface area contributed by atoms with Gasteiger partial charge in [0, 0.05) is 10.4 Å². The second kappa shape index (κ2) is 8.77. The quantitative estimate of drug-likeness (QED) is 0.523. The van der Waals surface area contributed by atoms with E-state index in [0.29, 0.717) is 26.8 Å².